The number of nitrogens with one attached hydrogen (secondary N) is 2. The summed E-state index contributed by atoms with van der Waals surface area (Å²) in [5, 5.41) is 6.21. The van der Waals surface area contributed by atoms with Crippen molar-refractivity contribution in [2.24, 2.45) is 45.3 Å². The molecule has 50 heavy (non-hydrogen) atoms. The number of esters is 1. The third-order valence-electron chi connectivity index (χ3n) is 15.1. The van der Waals surface area contributed by atoms with Gasteiger partial charge in [0.15, 0.2) is 5.78 Å². The fraction of sp³-hybridized carbons (Fsp3) is 0.854. The van der Waals surface area contributed by atoms with E-state index in [0.29, 0.717) is 31.1 Å². The predicted octanol–water partition coefficient (Wildman–Crippen LogP) is 8.43. The van der Waals surface area contributed by atoms with Crippen LogP contribution < -0.4 is 10.6 Å². The molecule has 6 aliphatic rings. The summed E-state index contributed by atoms with van der Waals surface area (Å²) in [5.41, 5.74) is 0.161. The van der Waals surface area contributed by atoms with Crippen LogP contribution in [0.1, 0.15) is 147 Å². The Balaban J connectivity index is 1.24. The topological polar surface area (TPSA) is 120 Å². The molecule has 2 N–H and O–H groups in total. The highest BCUT2D eigenvalue weighted by atomic mass is 16.6. The van der Waals surface area contributed by atoms with E-state index >= 15 is 0 Å². The highest BCUT2D eigenvalue weighted by Crippen LogP contribution is 2.76. The molecule has 0 heterocycles. The van der Waals surface area contributed by atoms with Gasteiger partial charge >= 0.3 is 18.2 Å². The van der Waals surface area contributed by atoms with Crippen molar-refractivity contribution in [1.82, 2.24) is 10.6 Å². The second-order valence-electron chi connectivity index (χ2n) is 19.8. The summed E-state index contributed by atoms with van der Waals surface area (Å²) in [4.78, 5) is 52.1. The fourth-order valence-corrected chi connectivity index (χ4v) is 12.6. The molecular weight excluding hydrogens is 632 g/mol. The quantitative estimate of drug-likeness (QED) is 0.211. The summed E-state index contributed by atoms with van der Waals surface area (Å²) in [6.45, 7) is 23.5. The first-order valence-electron chi connectivity index (χ1n) is 19.4. The number of ketones is 1. The van der Waals surface area contributed by atoms with E-state index in [2.05, 4.69) is 59.1 Å². The minimum absolute atomic E-state index is 0.0364. The molecule has 280 valence electrons. The van der Waals surface area contributed by atoms with E-state index < -0.39 is 28.9 Å². The summed E-state index contributed by atoms with van der Waals surface area (Å²) >= 11 is 0. The summed E-state index contributed by atoms with van der Waals surface area (Å²) in [7, 11) is 0. The predicted molar refractivity (Wildman–Crippen MR) is 191 cm³/mol. The number of carbonyl (C=O) groups is 4. The number of rotatable bonds is 6. The van der Waals surface area contributed by atoms with Crippen LogP contribution in [0.15, 0.2) is 11.1 Å². The fourth-order valence-electron chi connectivity index (χ4n) is 12.6. The van der Waals surface area contributed by atoms with Gasteiger partial charge in [0.25, 0.3) is 0 Å². The molecule has 0 saturated heterocycles. The SMILES string of the molecule is CC(=O)O[C@H]1CC[C@@]2(C)C(CC[C@]3(C)C2CCC2C4=C(C(C)C)C(=O)C[C@]4(NC(=O)OCC4(NC(=O)OC(C)(C)C)CC4)CC[C@]23C)C1(C)C. The molecule has 5 fully saturated rings. The zero-order valence-electron chi connectivity index (χ0n) is 32.7. The van der Waals surface area contributed by atoms with Gasteiger partial charge in [0.1, 0.15) is 18.3 Å². The van der Waals surface area contributed by atoms with Crippen LogP contribution in [0.5, 0.6) is 0 Å². The largest absolute Gasteiger partial charge is 0.462 e. The number of hydrogen-bond donors (Lipinski definition) is 2. The lowest BCUT2D eigenvalue weighted by molar-refractivity contribution is -0.231. The van der Waals surface area contributed by atoms with Crippen molar-refractivity contribution in [3.05, 3.63) is 11.1 Å². The van der Waals surface area contributed by atoms with Crippen molar-refractivity contribution in [1.29, 1.82) is 0 Å². The van der Waals surface area contributed by atoms with Crippen molar-refractivity contribution in [2.75, 3.05) is 6.61 Å². The van der Waals surface area contributed by atoms with Crippen LogP contribution in [-0.2, 0) is 23.8 Å². The zero-order valence-corrected chi connectivity index (χ0v) is 32.7. The molecule has 6 rings (SSSR count). The number of allylic oxidation sites excluding steroid dienone is 1. The number of Topliss-reactive ketones (excluding diaryl/α,β-unsaturated/α-hetero) is 1. The van der Waals surface area contributed by atoms with Gasteiger partial charge < -0.3 is 24.8 Å². The van der Waals surface area contributed by atoms with Crippen LogP contribution in [0.4, 0.5) is 9.59 Å². The molecular formula is C41H64N2O7. The third-order valence-corrected chi connectivity index (χ3v) is 15.1. The van der Waals surface area contributed by atoms with Gasteiger partial charge in [-0.05, 0) is 136 Å². The van der Waals surface area contributed by atoms with Gasteiger partial charge in [-0.15, -0.1) is 0 Å². The Labute approximate surface area is 300 Å². The van der Waals surface area contributed by atoms with Crippen molar-refractivity contribution in [3.63, 3.8) is 0 Å². The smallest absolute Gasteiger partial charge is 0.408 e. The monoisotopic (exact) mass is 696 g/mol. The van der Waals surface area contributed by atoms with E-state index in [4.69, 9.17) is 14.2 Å². The lowest BCUT2D eigenvalue weighted by Crippen LogP contribution is -2.67. The van der Waals surface area contributed by atoms with Gasteiger partial charge in [0.2, 0.25) is 0 Å². The molecule has 0 aromatic carbocycles. The Hall–Kier alpha value is -2.58. The summed E-state index contributed by atoms with van der Waals surface area (Å²) in [6, 6.07) is 0. The lowest BCUT2D eigenvalue weighted by atomic mass is 9.33. The molecule has 0 aromatic heterocycles. The number of amides is 2. The van der Waals surface area contributed by atoms with Crippen molar-refractivity contribution in [2.45, 2.75) is 170 Å². The molecule has 9 nitrogen and oxygen atoms in total. The molecule has 0 aliphatic heterocycles. The number of carbonyl (C=O) groups excluding carboxylic acids is 4. The number of hydrogen-bond acceptors (Lipinski definition) is 7. The first kappa shape index (κ1) is 37.2. The van der Waals surface area contributed by atoms with Crippen LogP contribution >= 0.6 is 0 Å². The first-order chi connectivity index (χ1) is 23.0. The van der Waals surface area contributed by atoms with Crippen molar-refractivity contribution >= 4 is 23.9 Å². The van der Waals surface area contributed by atoms with Gasteiger partial charge in [0.05, 0.1) is 11.1 Å². The molecule has 6 aliphatic carbocycles. The van der Waals surface area contributed by atoms with Crippen LogP contribution in [0.25, 0.3) is 0 Å². The average molecular weight is 697 g/mol. The Morgan fingerprint density at radius 2 is 1.50 bits per heavy atom. The minimum atomic E-state index is -0.748. The molecule has 2 amide bonds. The summed E-state index contributed by atoms with van der Waals surface area (Å²) in [6.07, 6.45) is 8.49. The van der Waals surface area contributed by atoms with Crippen LogP contribution in [0, 0.1) is 45.3 Å². The van der Waals surface area contributed by atoms with Gasteiger partial charge in [-0.2, -0.15) is 0 Å². The number of fused-ring (bicyclic) bond motifs is 7. The van der Waals surface area contributed by atoms with Crippen molar-refractivity contribution in [3.8, 4) is 0 Å². The molecule has 0 aromatic rings. The number of alkyl carbamates (subject to hydrolysis) is 2. The molecule has 5 saturated carbocycles. The van der Waals surface area contributed by atoms with Crippen LogP contribution in [-0.4, -0.2) is 53.3 Å². The zero-order chi connectivity index (χ0) is 36.9. The van der Waals surface area contributed by atoms with Crippen LogP contribution in [0.2, 0.25) is 0 Å². The van der Waals surface area contributed by atoms with E-state index in [1.165, 1.54) is 12.5 Å². The van der Waals surface area contributed by atoms with Crippen LogP contribution in [0.3, 0.4) is 0 Å². The summed E-state index contributed by atoms with van der Waals surface area (Å²) < 4.78 is 17.2. The maximum Gasteiger partial charge on any atom is 0.408 e. The number of ether oxygens (including phenoxy) is 3. The van der Waals surface area contributed by atoms with Gasteiger partial charge in [0, 0.05) is 18.8 Å². The molecule has 9 heteroatoms. The molecule has 0 bridgehead atoms. The third kappa shape index (κ3) is 5.88. The Bertz CT molecular complexity index is 1470. The average Bonchev–Trinajstić information content (AvgIpc) is 3.66. The van der Waals surface area contributed by atoms with Crippen molar-refractivity contribution < 1.29 is 33.4 Å². The molecule has 0 spiro atoms. The standard InChI is InChI=1S/C41H64N2O7/c1-24(2)31-27(45)22-41(43-33(46)48-23-40(19-20-40)42-34(47)50-35(4,5)6)21-18-38(10)26(32(31)41)12-13-29-37(9)16-15-30(49-25(3)44)36(7,8)28(37)14-17-39(29,38)11/h24,26,28-30H,12-23H2,1-11H3,(H,42,47)(H,43,46)/t26?,28?,29?,30-,37-,38+,39+,41+/m0/s1. The van der Waals surface area contributed by atoms with Gasteiger partial charge in [-0.25, -0.2) is 9.59 Å². The second-order valence-corrected chi connectivity index (χ2v) is 19.8. The maximum atomic E-state index is 13.9. The molecule has 8 atom stereocenters. The maximum absolute atomic E-state index is 13.9. The summed E-state index contributed by atoms with van der Waals surface area (Å²) in [5.74, 6) is 1.19. The van der Waals surface area contributed by atoms with E-state index in [1.54, 1.807) is 0 Å². The van der Waals surface area contributed by atoms with E-state index in [-0.39, 0.29) is 64.4 Å². The first-order valence-corrected chi connectivity index (χ1v) is 19.4. The van der Waals surface area contributed by atoms with Gasteiger partial charge in [-0.3, -0.25) is 9.59 Å². The lowest BCUT2D eigenvalue weighted by Gasteiger charge is -2.72. The molecule has 3 unspecified atom stereocenters. The molecule has 0 radical (unpaired) electrons. The second kappa shape index (κ2) is 12.0. The van der Waals surface area contributed by atoms with E-state index in [0.717, 1.165) is 50.5 Å². The Morgan fingerprint density at radius 3 is 2.10 bits per heavy atom. The Morgan fingerprint density at radius 1 is 0.820 bits per heavy atom. The highest BCUT2D eigenvalue weighted by molar-refractivity contribution is 6.02. The van der Waals surface area contributed by atoms with E-state index in [9.17, 15) is 19.2 Å². The minimum Gasteiger partial charge on any atom is -0.462 e. The highest BCUT2D eigenvalue weighted by Gasteiger charge is 2.70. The normalized spacial score (nSPS) is 39.7. The van der Waals surface area contributed by atoms with Gasteiger partial charge in [-0.1, -0.05) is 48.5 Å². The Kier molecular flexibility index (Phi) is 8.91. The van der Waals surface area contributed by atoms with E-state index in [1.807, 2.05) is 20.8 Å².